The van der Waals surface area contributed by atoms with Gasteiger partial charge in [-0.25, -0.2) is 0 Å². The molecule has 21 heavy (non-hydrogen) atoms. The molecule has 0 bridgehead atoms. The summed E-state index contributed by atoms with van der Waals surface area (Å²) in [7, 11) is 0. The van der Waals surface area contributed by atoms with Crippen molar-refractivity contribution < 1.29 is 4.52 Å². The van der Waals surface area contributed by atoms with Gasteiger partial charge in [0.05, 0.1) is 6.54 Å². The van der Waals surface area contributed by atoms with Gasteiger partial charge in [0.15, 0.2) is 5.82 Å². The van der Waals surface area contributed by atoms with E-state index in [1.807, 2.05) is 24.3 Å². The second-order valence-electron chi connectivity index (χ2n) is 5.87. The van der Waals surface area contributed by atoms with E-state index in [2.05, 4.69) is 22.4 Å². The molecule has 0 radical (unpaired) electrons. The van der Waals surface area contributed by atoms with Crippen molar-refractivity contribution in [2.45, 2.75) is 45.1 Å². The van der Waals surface area contributed by atoms with Crippen LogP contribution < -0.4 is 5.32 Å². The average molecular weight is 306 g/mol. The van der Waals surface area contributed by atoms with E-state index < -0.39 is 0 Å². The number of benzene rings is 1. The highest BCUT2D eigenvalue weighted by atomic mass is 35.5. The monoisotopic (exact) mass is 305 g/mol. The van der Waals surface area contributed by atoms with Crippen molar-refractivity contribution in [3.8, 4) is 0 Å². The van der Waals surface area contributed by atoms with E-state index in [4.69, 9.17) is 16.1 Å². The van der Waals surface area contributed by atoms with Crippen LogP contribution in [0.2, 0.25) is 5.02 Å². The van der Waals surface area contributed by atoms with Crippen LogP contribution in [-0.2, 0) is 6.54 Å². The molecule has 0 atom stereocenters. The van der Waals surface area contributed by atoms with Crippen LogP contribution in [0.15, 0.2) is 28.8 Å². The van der Waals surface area contributed by atoms with E-state index in [-0.39, 0.29) is 0 Å². The molecule has 1 N–H and O–H groups in total. The quantitative estimate of drug-likeness (QED) is 0.895. The minimum Gasteiger partial charge on any atom is -0.376 e. The molecule has 5 heteroatoms. The fourth-order valence-electron chi connectivity index (χ4n) is 2.80. The fraction of sp³-hybridized carbons (Fsp3) is 0.500. The van der Waals surface area contributed by atoms with Gasteiger partial charge in [-0.05, 0) is 37.0 Å². The van der Waals surface area contributed by atoms with Crippen molar-refractivity contribution >= 4 is 17.3 Å². The van der Waals surface area contributed by atoms with Gasteiger partial charge in [-0.2, -0.15) is 4.98 Å². The summed E-state index contributed by atoms with van der Waals surface area (Å²) in [4.78, 5) is 4.52. The largest absolute Gasteiger partial charge is 0.376 e. The number of hydrogen-bond donors (Lipinski definition) is 1. The smallest absolute Gasteiger partial charge is 0.245 e. The van der Waals surface area contributed by atoms with E-state index in [0.29, 0.717) is 23.4 Å². The van der Waals surface area contributed by atoms with E-state index in [1.165, 1.54) is 25.7 Å². The molecule has 1 aliphatic carbocycles. The minimum absolute atomic E-state index is 0.463. The molecule has 0 aliphatic heterocycles. The van der Waals surface area contributed by atoms with E-state index in [1.54, 1.807) is 0 Å². The third kappa shape index (κ3) is 3.76. The third-order valence-corrected chi connectivity index (χ3v) is 4.37. The lowest BCUT2D eigenvalue weighted by Gasteiger charge is -2.23. The standard InChI is InChI=1S/C16H20ClN3O/c1-11-5-7-12(8-6-11)16-19-15(21-20-16)10-18-14-4-2-3-13(17)9-14/h2-4,9,11-12,18H,5-8,10H2,1H3. The van der Waals surface area contributed by atoms with Crippen LogP contribution in [0.25, 0.3) is 0 Å². The molecular formula is C16H20ClN3O. The molecule has 0 spiro atoms. The Labute approximate surface area is 129 Å². The zero-order chi connectivity index (χ0) is 14.7. The van der Waals surface area contributed by atoms with Gasteiger partial charge in [-0.1, -0.05) is 42.6 Å². The zero-order valence-electron chi connectivity index (χ0n) is 12.2. The molecule has 4 nitrogen and oxygen atoms in total. The molecule has 3 rings (SSSR count). The Kier molecular flexibility index (Phi) is 4.44. The highest BCUT2D eigenvalue weighted by molar-refractivity contribution is 6.30. The van der Waals surface area contributed by atoms with Crippen LogP contribution in [0.5, 0.6) is 0 Å². The molecular weight excluding hydrogens is 286 g/mol. The van der Waals surface area contributed by atoms with Crippen LogP contribution in [-0.4, -0.2) is 10.1 Å². The molecule has 1 fully saturated rings. The molecule has 2 aromatic rings. The Morgan fingerprint density at radius 1 is 1.29 bits per heavy atom. The van der Waals surface area contributed by atoms with Crippen molar-refractivity contribution in [2.24, 2.45) is 5.92 Å². The number of rotatable bonds is 4. The van der Waals surface area contributed by atoms with E-state index in [0.717, 1.165) is 17.4 Å². The molecule has 0 unspecified atom stereocenters. The molecule has 0 amide bonds. The number of nitrogens with zero attached hydrogens (tertiary/aromatic N) is 2. The summed E-state index contributed by atoms with van der Waals surface area (Å²) < 4.78 is 5.34. The van der Waals surface area contributed by atoms with Crippen molar-refractivity contribution in [3.63, 3.8) is 0 Å². The highest BCUT2D eigenvalue weighted by Gasteiger charge is 2.23. The first-order valence-corrected chi connectivity index (χ1v) is 7.90. The van der Waals surface area contributed by atoms with Crippen LogP contribution in [0.4, 0.5) is 5.69 Å². The summed E-state index contributed by atoms with van der Waals surface area (Å²) in [6.45, 7) is 2.84. The van der Waals surface area contributed by atoms with Gasteiger partial charge in [0.1, 0.15) is 0 Å². The van der Waals surface area contributed by atoms with Gasteiger partial charge in [-0.3, -0.25) is 0 Å². The maximum Gasteiger partial charge on any atom is 0.245 e. The summed E-state index contributed by atoms with van der Waals surface area (Å²) in [5, 5.41) is 8.10. The van der Waals surface area contributed by atoms with Crippen molar-refractivity contribution in [3.05, 3.63) is 41.0 Å². The van der Waals surface area contributed by atoms with Crippen molar-refractivity contribution in [1.29, 1.82) is 0 Å². The molecule has 1 aromatic heterocycles. The van der Waals surface area contributed by atoms with Crippen LogP contribution in [0, 0.1) is 5.92 Å². The number of aromatic nitrogens is 2. The van der Waals surface area contributed by atoms with Crippen LogP contribution in [0.1, 0.15) is 50.2 Å². The van der Waals surface area contributed by atoms with Gasteiger partial charge >= 0.3 is 0 Å². The molecule has 1 aliphatic rings. The third-order valence-electron chi connectivity index (χ3n) is 4.13. The summed E-state index contributed by atoms with van der Waals surface area (Å²) in [5.41, 5.74) is 0.953. The predicted molar refractivity (Wildman–Crippen MR) is 83.4 cm³/mol. The normalized spacial score (nSPS) is 22.2. The SMILES string of the molecule is CC1CCC(c2noc(CNc3cccc(Cl)c3)n2)CC1. The van der Waals surface area contributed by atoms with Gasteiger partial charge in [-0.15, -0.1) is 0 Å². The van der Waals surface area contributed by atoms with Crippen molar-refractivity contribution in [2.75, 3.05) is 5.32 Å². The first-order chi connectivity index (χ1) is 10.2. The molecule has 112 valence electrons. The van der Waals surface area contributed by atoms with E-state index in [9.17, 15) is 0 Å². The maximum atomic E-state index is 5.95. The molecule has 1 heterocycles. The first-order valence-electron chi connectivity index (χ1n) is 7.52. The second-order valence-corrected chi connectivity index (χ2v) is 6.30. The topological polar surface area (TPSA) is 51.0 Å². The van der Waals surface area contributed by atoms with Gasteiger partial charge in [0.25, 0.3) is 0 Å². The summed E-state index contributed by atoms with van der Waals surface area (Å²) >= 11 is 5.95. The van der Waals surface area contributed by atoms with Gasteiger partial charge in [0.2, 0.25) is 5.89 Å². The van der Waals surface area contributed by atoms with Crippen LogP contribution in [0.3, 0.4) is 0 Å². The lowest BCUT2D eigenvalue weighted by molar-refractivity contribution is 0.324. The Morgan fingerprint density at radius 2 is 2.10 bits per heavy atom. The molecule has 1 aromatic carbocycles. The number of halogens is 1. The lowest BCUT2D eigenvalue weighted by atomic mass is 9.83. The lowest BCUT2D eigenvalue weighted by Crippen LogP contribution is -2.12. The Morgan fingerprint density at radius 3 is 2.86 bits per heavy atom. The minimum atomic E-state index is 0.463. The fourth-order valence-corrected chi connectivity index (χ4v) is 2.99. The Balaban J connectivity index is 1.58. The molecule has 0 saturated heterocycles. The van der Waals surface area contributed by atoms with Gasteiger partial charge < -0.3 is 9.84 Å². The van der Waals surface area contributed by atoms with E-state index >= 15 is 0 Å². The van der Waals surface area contributed by atoms with Crippen molar-refractivity contribution in [1.82, 2.24) is 10.1 Å². The molecule has 1 saturated carbocycles. The summed E-state index contributed by atoms with van der Waals surface area (Å²) in [5.74, 6) is 2.79. The first kappa shape index (κ1) is 14.4. The number of anilines is 1. The summed E-state index contributed by atoms with van der Waals surface area (Å²) in [6, 6.07) is 7.60. The van der Waals surface area contributed by atoms with Crippen LogP contribution >= 0.6 is 11.6 Å². The average Bonchev–Trinajstić information content (AvgIpc) is 2.95. The Bertz CT molecular complexity index is 591. The second kappa shape index (κ2) is 6.48. The predicted octanol–water partition coefficient (Wildman–Crippen LogP) is 4.63. The maximum absolute atomic E-state index is 5.95. The summed E-state index contributed by atoms with van der Waals surface area (Å²) in [6.07, 6.45) is 4.86. The zero-order valence-corrected chi connectivity index (χ0v) is 12.9. The number of nitrogens with one attached hydrogen (secondary N) is 1. The Hall–Kier alpha value is -1.55. The highest BCUT2D eigenvalue weighted by Crippen LogP contribution is 2.34. The van der Waals surface area contributed by atoms with Gasteiger partial charge in [0, 0.05) is 16.6 Å². The number of hydrogen-bond acceptors (Lipinski definition) is 4.